The van der Waals surface area contributed by atoms with Crippen molar-refractivity contribution in [3.05, 3.63) is 0 Å². The fraction of sp³-hybridized carbons (Fsp3) is 0. The van der Waals surface area contributed by atoms with Gasteiger partial charge in [0.25, 0.3) is 0 Å². The van der Waals surface area contributed by atoms with Crippen molar-refractivity contribution in [2.45, 2.75) is 0 Å². The summed E-state index contributed by atoms with van der Waals surface area (Å²) < 4.78 is 8.66. The summed E-state index contributed by atoms with van der Waals surface area (Å²) in [5.41, 5.74) is 0. The maximum atomic E-state index is 8.66. The van der Waals surface area contributed by atoms with Crippen molar-refractivity contribution in [1.29, 1.82) is 0 Å². The predicted molar refractivity (Wildman–Crippen MR) is 21.3 cm³/mol. The molecule has 4 nitrogen and oxygen atoms in total. The maximum Gasteiger partial charge on any atom is 2.00 e. The van der Waals surface area contributed by atoms with Gasteiger partial charge in [-0.05, 0) is 0 Å². The zero-order valence-electron chi connectivity index (χ0n) is 5.67. The van der Waals surface area contributed by atoms with E-state index in [1.165, 1.54) is 0 Å². The van der Waals surface area contributed by atoms with Crippen LogP contribution < -0.4 is 76.6 Å². The molecule has 0 aliphatic rings. The standard InChI is InChI=1S/2Ca.3ClH.Na.H3O4P/c;;;;;;1-5(2,3)4/h;;3*1H;;(H3,1,2,3,4)/q2*+2;;;;+1;/p-5. The van der Waals surface area contributed by atoms with E-state index in [1.807, 2.05) is 0 Å². The van der Waals surface area contributed by atoms with Gasteiger partial charge in [0.2, 0.25) is 0 Å². The van der Waals surface area contributed by atoms with Gasteiger partial charge < -0.3 is 56.5 Å². The largest absolute Gasteiger partial charge is 2.00 e. The van der Waals surface area contributed by atoms with E-state index in [2.05, 4.69) is 0 Å². The molecule has 0 spiro atoms. The first-order valence-corrected chi connectivity index (χ1v) is 2.24. The molecule has 11 heavy (non-hydrogen) atoms. The Morgan fingerprint density at radius 2 is 1.00 bits per heavy atom. The SMILES string of the molecule is O=P([O-])([O-])O.[Ca+2].[Ca+2].[Cl-].[Cl-].[Cl-].[Na+]. The van der Waals surface area contributed by atoms with Crippen molar-refractivity contribution in [3.8, 4) is 0 Å². The van der Waals surface area contributed by atoms with E-state index in [0.29, 0.717) is 0 Å². The smallest absolute Gasteiger partial charge is 1.00 e. The van der Waals surface area contributed by atoms with E-state index in [0.717, 1.165) is 0 Å². The molecule has 0 aromatic carbocycles. The van der Waals surface area contributed by atoms with Crippen LogP contribution in [0.3, 0.4) is 0 Å². The Morgan fingerprint density at radius 3 is 1.00 bits per heavy atom. The minimum Gasteiger partial charge on any atom is -1.00 e. The fourth-order valence-corrected chi connectivity index (χ4v) is 0. The second-order valence-corrected chi connectivity index (χ2v) is 1.41. The molecule has 0 radical (unpaired) electrons. The van der Waals surface area contributed by atoms with Crippen LogP contribution in [0.1, 0.15) is 0 Å². The van der Waals surface area contributed by atoms with E-state index in [1.54, 1.807) is 0 Å². The molecular formula is HCa2Cl3NaO4P. The van der Waals surface area contributed by atoms with E-state index >= 15 is 0 Å². The van der Waals surface area contributed by atoms with Gasteiger partial charge in [0, 0.05) is 0 Å². The summed E-state index contributed by atoms with van der Waals surface area (Å²) in [6, 6.07) is 0. The fourth-order valence-electron chi connectivity index (χ4n) is 0. The van der Waals surface area contributed by atoms with Crippen LogP contribution in [0.15, 0.2) is 0 Å². The molecule has 0 unspecified atom stereocenters. The molecule has 0 bridgehead atoms. The predicted octanol–water partition coefficient (Wildman–Crippen LogP) is -14.9. The van der Waals surface area contributed by atoms with Gasteiger partial charge >= 0.3 is 105 Å². The molecule has 0 fully saturated rings. The van der Waals surface area contributed by atoms with Gasteiger partial charge in [-0.1, -0.05) is 0 Å². The van der Waals surface area contributed by atoms with Crippen LogP contribution in [0.4, 0.5) is 0 Å². The molecule has 0 aromatic rings. The summed E-state index contributed by atoms with van der Waals surface area (Å²) in [7, 11) is -5.14. The molecule has 0 aromatic heterocycles. The molecular weight excluding hydrogens is 304 g/mol. The Balaban J connectivity index is -0.00000000533. The van der Waals surface area contributed by atoms with Crippen LogP contribution in [0.25, 0.3) is 0 Å². The molecule has 11 heteroatoms. The number of rotatable bonds is 0. The Hall–Kier alpha value is 4.50. The van der Waals surface area contributed by atoms with Crippen molar-refractivity contribution in [2.24, 2.45) is 0 Å². The summed E-state index contributed by atoms with van der Waals surface area (Å²) in [6.45, 7) is 0. The van der Waals surface area contributed by atoms with E-state index in [9.17, 15) is 0 Å². The summed E-state index contributed by atoms with van der Waals surface area (Å²) in [5.74, 6) is 0. The van der Waals surface area contributed by atoms with Crippen LogP contribution in [-0.2, 0) is 4.57 Å². The first kappa shape index (κ1) is 45.1. The van der Waals surface area contributed by atoms with Crippen LogP contribution >= 0.6 is 7.82 Å². The molecule has 0 heterocycles. The van der Waals surface area contributed by atoms with Crippen LogP contribution in [0.5, 0.6) is 0 Å². The monoisotopic (exact) mass is 304 g/mol. The molecule has 0 saturated carbocycles. The van der Waals surface area contributed by atoms with Crippen LogP contribution in [0, 0.1) is 0 Å². The number of hydrogen-bond donors (Lipinski definition) is 1. The van der Waals surface area contributed by atoms with E-state index < -0.39 is 7.82 Å². The first-order chi connectivity index (χ1) is 2.00. The Morgan fingerprint density at radius 1 is 1.00 bits per heavy atom. The molecule has 0 atom stereocenters. The van der Waals surface area contributed by atoms with Crippen LogP contribution in [-0.4, -0.2) is 80.4 Å². The second-order valence-electron chi connectivity index (χ2n) is 0.469. The second kappa shape index (κ2) is 24.0. The molecule has 0 rings (SSSR count). The van der Waals surface area contributed by atoms with Crippen molar-refractivity contribution < 1.29 is 86.0 Å². The van der Waals surface area contributed by atoms with Crippen molar-refractivity contribution >= 4 is 83.3 Å². The molecule has 0 aliphatic carbocycles. The average Bonchev–Trinajstić information content (AvgIpc) is 0.722. The minimum absolute atomic E-state index is 0. The molecule has 1 N–H and O–H groups in total. The van der Waals surface area contributed by atoms with Gasteiger partial charge in [-0.2, -0.15) is 0 Å². The van der Waals surface area contributed by atoms with Crippen LogP contribution in [0.2, 0.25) is 0 Å². The number of phosphoric acid groups is 1. The topological polar surface area (TPSA) is 83.4 Å². The summed E-state index contributed by atoms with van der Waals surface area (Å²) in [4.78, 5) is 24.3. The zero-order valence-corrected chi connectivity index (χ0v) is 15.2. The Kier molecular flexibility index (Phi) is 98.3. The first-order valence-electron chi connectivity index (χ1n) is 0.748. The summed E-state index contributed by atoms with van der Waals surface area (Å²) >= 11 is 0. The quantitative estimate of drug-likeness (QED) is 0.356. The van der Waals surface area contributed by atoms with Gasteiger partial charge in [-0.25, -0.2) is 0 Å². The van der Waals surface area contributed by atoms with Crippen molar-refractivity contribution in [3.63, 3.8) is 0 Å². The van der Waals surface area contributed by atoms with Gasteiger partial charge in [-0.3, -0.25) is 0 Å². The molecule has 0 saturated heterocycles. The molecule has 56 valence electrons. The van der Waals surface area contributed by atoms with Crippen molar-refractivity contribution in [2.75, 3.05) is 0 Å². The number of hydrogen-bond acceptors (Lipinski definition) is 3. The zero-order chi connectivity index (χ0) is 4.50. The molecule has 0 amide bonds. The third-order valence-electron chi connectivity index (χ3n) is 0. The van der Waals surface area contributed by atoms with Crippen molar-refractivity contribution in [1.82, 2.24) is 0 Å². The number of halogens is 3. The summed E-state index contributed by atoms with van der Waals surface area (Å²) in [5, 5.41) is 0. The minimum atomic E-state index is -5.14. The molecule has 0 aliphatic heterocycles. The van der Waals surface area contributed by atoms with Gasteiger partial charge in [0.05, 0.1) is 7.82 Å². The maximum absolute atomic E-state index is 8.66. The third-order valence-corrected chi connectivity index (χ3v) is 0. The van der Waals surface area contributed by atoms with Gasteiger partial charge in [0.1, 0.15) is 0 Å². The van der Waals surface area contributed by atoms with Gasteiger partial charge in [0.15, 0.2) is 0 Å². The Labute approximate surface area is 165 Å². The summed E-state index contributed by atoms with van der Waals surface area (Å²) in [6.07, 6.45) is 0. The van der Waals surface area contributed by atoms with Gasteiger partial charge in [-0.15, -0.1) is 0 Å². The third kappa shape index (κ3) is 112. The average molecular weight is 305 g/mol. The van der Waals surface area contributed by atoms with E-state index in [4.69, 9.17) is 19.2 Å². The Bertz CT molecular complexity index is 69.5. The van der Waals surface area contributed by atoms with E-state index in [-0.39, 0.29) is 142 Å². The normalized spacial score (nSPS) is 5.36.